The van der Waals surface area contributed by atoms with Crippen LogP contribution in [0.2, 0.25) is 5.02 Å². The lowest BCUT2D eigenvalue weighted by molar-refractivity contribution is -0.141. The van der Waals surface area contributed by atoms with Crippen LogP contribution < -0.4 is 15.1 Å². The van der Waals surface area contributed by atoms with E-state index in [1.165, 1.54) is 6.20 Å². The minimum Gasteiger partial charge on any atom is -0.367 e. The van der Waals surface area contributed by atoms with Crippen LogP contribution >= 0.6 is 11.6 Å². The van der Waals surface area contributed by atoms with E-state index in [1.54, 1.807) is 24.4 Å². The third-order valence-corrected chi connectivity index (χ3v) is 5.77. The summed E-state index contributed by atoms with van der Waals surface area (Å²) in [5, 5.41) is 4.35. The molecule has 0 bridgehead atoms. The Labute approximate surface area is 198 Å². The van der Waals surface area contributed by atoms with Crippen molar-refractivity contribution < 1.29 is 13.2 Å². The number of rotatable bonds is 4. The van der Waals surface area contributed by atoms with E-state index >= 15 is 0 Å². The lowest BCUT2D eigenvalue weighted by Crippen LogP contribution is -2.47. The molecule has 4 heterocycles. The van der Waals surface area contributed by atoms with Gasteiger partial charge in [0.25, 0.3) is 0 Å². The molecular formula is C23H19ClF3N7. The maximum absolute atomic E-state index is 13.5. The highest BCUT2D eigenvalue weighted by Crippen LogP contribution is 2.32. The Bertz CT molecular complexity index is 1310. The topological polar surface area (TPSA) is 70.1 Å². The van der Waals surface area contributed by atoms with E-state index in [0.29, 0.717) is 37.0 Å². The van der Waals surface area contributed by atoms with Crippen LogP contribution in [0.3, 0.4) is 0 Å². The number of hydrogen-bond acceptors (Lipinski definition) is 7. The second-order valence-corrected chi connectivity index (χ2v) is 8.17. The number of hydrogen-bond donors (Lipinski definition) is 1. The van der Waals surface area contributed by atoms with E-state index in [1.807, 2.05) is 29.2 Å². The van der Waals surface area contributed by atoms with Gasteiger partial charge in [0, 0.05) is 60.7 Å². The Morgan fingerprint density at radius 1 is 0.853 bits per heavy atom. The summed E-state index contributed by atoms with van der Waals surface area (Å²) in [7, 11) is 0. The predicted molar refractivity (Wildman–Crippen MR) is 126 cm³/mol. The summed E-state index contributed by atoms with van der Waals surface area (Å²) < 4.78 is 40.6. The fourth-order valence-corrected chi connectivity index (χ4v) is 4.07. The molecule has 34 heavy (non-hydrogen) atoms. The summed E-state index contributed by atoms with van der Waals surface area (Å²) in [5.74, 6) is 0.428. The SMILES string of the molecule is FC(F)(F)c1cc(N2CCN(c3ccnc4cc(Cl)ccc34)CC2)nc(Nc2ccccn2)n1. The molecular weight excluding hydrogens is 467 g/mol. The molecule has 5 rings (SSSR count). The molecule has 174 valence electrons. The smallest absolute Gasteiger partial charge is 0.367 e. The second kappa shape index (κ2) is 8.94. The van der Waals surface area contributed by atoms with Gasteiger partial charge in [-0.2, -0.15) is 18.2 Å². The first-order chi connectivity index (χ1) is 16.4. The zero-order valence-electron chi connectivity index (χ0n) is 17.8. The van der Waals surface area contributed by atoms with Crippen LogP contribution in [0, 0.1) is 0 Å². The summed E-state index contributed by atoms with van der Waals surface area (Å²) in [5.41, 5.74) is 0.802. The molecule has 3 aromatic heterocycles. The zero-order valence-corrected chi connectivity index (χ0v) is 18.6. The van der Waals surface area contributed by atoms with Crippen molar-refractivity contribution in [2.45, 2.75) is 6.18 Å². The highest BCUT2D eigenvalue weighted by Gasteiger charge is 2.34. The van der Waals surface area contributed by atoms with Gasteiger partial charge < -0.3 is 15.1 Å². The third-order valence-electron chi connectivity index (χ3n) is 5.53. The van der Waals surface area contributed by atoms with Crippen molar-refractivity contribution in [3.8, 4) is 0 Å². The maximum Gasteiger partial charge on any atom is 0.433 e. The van der Waals surface area contributed by atoms with Crippen LogP contribution in [0.4, 0.5) is 36.4 Å². The Hall–Kier alpha value is -3.66. The average molecular weight is 486 g/mol. The van der Waals surface area contributed by atoms with Gasteiger partial charge in [-0.05, 0) is 36.4 Å². The van der Waals surface area contributed by atoms with E-state index in [4.69, 9.17) is 11.6 Å². The van der Waals surface area contributed by atoms with Crippen LogP contribution in [0.1, 0.15) is 5.69 Å². The summed E-state index contributed by atoms with van der Waals surface area (Å²) in [6.45, 7) is 2.20. The largest absolute Gasteiger partial charge is 0.433 e. The number of anilines is 4. The van der Waals surface area contributed by atoms with E-state index in [9.17, 15) is 13.2 Å². The van der Waals surface area contributed by atoms with E-state index in [-0.39, 0.29) is 11.8 Å². The molecule has 1 aromatic carbocycles. The molecule has 1 aliphatic heterocycles. The molecule has 0 saturated carbocycles. The van der Waals surface area contributed by atoms with Crippen molar-refractivity contribution in [2.24, 2.45) is 0 Å². The van der Waals surface area contributed by atoms with Gasteiger partial charge in [0.15, 0.2) is 5.69 Å². The summed E-state index contributed by atoms with van der Waals surface area (Å²) in [6.07, 6.45) is -1.33. The van der Waals surface area contributed by atoms with Crippen molar-refractivity contribution in [1.29, 1.82) is 0 Å². The van der Waals surface area contributed by atoms with Gasteiger partial charge in [0.2, 0.25) is 5.95 Å². The molecule has 0 spiro atoms. The first-order valence-corrected chi connectivity index (χ1v) is 10.9. The standard InChI is InChI=1S/C23H19ClF3N7/c24-15-4-5-16-17(13-15)28-8-6-18(16)33-9-11-34(12-10-33)21-14-19(23(25,26)27)30-22(32-21)31-20-3-1-2-7-29-20/h1-8,13-14H,9-12H2,(H,29,30,31,32). The average Bonchev–Trinajstić information content (AvgIpc) is 2.83. The molecule has 0 unspecified atom stereocenters. The number of nitrogens with zero attached hydrogens (tertiary/aromatic N) is 6. The number of halogens is 4. The van der Waals surface area contributed by atoms with Crippen molar-refractivity contribution in [2.75, 3.05) is 41.3 Å². The molecule has 1 fully saturated rings. The number of aromatic nitrogens is 4. The zero-order chi connectivity index (χ0) is 23.7. The normalized spacial score (nSPS) is 14.5. The molecule has 1 saturated heterocycles. The number of fused-ring (bicyclic) bond motifs is 1. The highest BCUT2D eigenvalue weighted by atomic mass is 35.5. The molecule has 4 aromatic rings. The molecule has 0 aliphatic carbocycles. The Balaban J connectivity index is 1.39. The lowest BCUT2D eigenvalue weighted by Gasteiger charge is -2.37. The number of nitrogens with one attached hydrogen (secondary N) is 1. The molecule has 1 aliphatic rings. The molecule has 0 amide bonds. The fraction of sp³-hybridized carbons (Fsp3) is 0.217. The van der Waals surface area contributed by atoms with E-state index in [0.717, 1.165) is 22.7 Å². The van der Waals surface area contributed by atoms with Gasteiger partial charge >= 0.3 is 6.18 Å². The van der Waals surface area contributed by atoms with Crippen molar-refractivity contribution in [1.82, 2.24) is 19.9 Å². The van der Waals surface area contributed by atoms with Crippen molar-refractivity contribution in [3.63, 3.8) is 0 Å². The molecule has 0 atom stereocenters. The van der Waals surface area contributed by atoms with Gasteiger partial charge in [0.05, 0.1) is 5.52 Å². The molecule has 11 heteroatoms. The van der Waals surface area contributed by atoms with Crippen LogP contribution in [0.5, 0.6) is 0 Å². The first-order valence-electron chi connectivity index (χ1n) is 10.6. The summed E-state index contributed by atoms with van der Waals surface area (Å²) >= 11 is 6.09. The van der Waals surface area contributed by atoms with Crippen molar-refractivity contribution >= 4 is 45.8 Å². The van der Waals surface area contributed by atoms with Crippen LogP contribution in [0.15, 0.2) is 60.9 Å². The quantitative estimate of drug-likeness (QED) is 0.428. The summed E-state index contributed by atoms with van der Waals surface area (Å²) in [6, 6.07) is 13.6. The number of alkyl halides is 3. The van der Waals surface area contributed by atoms with Crippen LogP contribution in [0.25, 0.3) is 10.9 Å². The number of piperazine rings is 1. The first kappa shape index (κ1) is 22.1. The third kappa shape index (κ3) is 4.67. The maximum atomic E-state index is 13.5. The minimum absolute atomic E-state index is 0.150. The number of benzene rings is 1. The Kier molecular flexibility index (Phi) is 5.82. The van der Waals surface area contributed by atoms with Crippen LogP contribution in [-0.2, 0) is 6.18 Å². The van der Waals surface area contributed by atoms with E-state index in [2.05, 4.69) is 30.2 Å². The van der Waals surface area contributed by atoms with Gasteiger partial charge in [-0.1, -0.05) is 17.7 Å². The summed E-state index contributed by atoms with van der Waals surface area (Å²) in [4.78, 5) is 20.5. The lowest BCUT2D eigenvalue weighted by atomic mass is 10.1. The molecule has 7 nitrogen and oxygen atoms in total. The van der Waals surface area contributed by atoms with Gasteiger partial charge in [0.1, 0.15) is 11.6 Å². The second-order valence-electron chi connectivity index (χ2n) is 7.74. The van der Waals surface area contributed by atoms with E-state index < -0.39 is 11.9 Å². The molecule has 0 radical (unpaired) electrons. The Morgan fingerprint density at radius 3 is 2.38 bits per heavy atom. The Morgan fingerprint density at radius 2 is 1.65 bits per heavy atom. The van der Waals surface area contributed by atoms with Gasteiger partial charge in [-0.15, -0.1) is 0 Å². The van der Waals surface area contributed by atoms with Gasteiger partial charge in [-0.3, -0.25) is 4.98 Å². The van der Waals surface area contributed by atoms with Crippen molar-refractivity contribution in [3.05, 3.63) is 71.6 Å². The fourth-order valence-electron chi connectivity index (χ4n) is 3.91. The predicted octanol–water partition coefficient (Wildman–Crippen LogP) is 5.16. The monoisotopic (exact) mass is 485 g/mol. The molecule has 1 N–H and O–H groups in total. The number of pyridine rings is 2. The highest BCUT2D eigenvalue weighted by molar-refractivity contribution is 6.31. The van der Waals surface area contributed by atoms with Gasteiger partial charge in [-0.25, -0.2) is 9.97 Å². The van der Waals surface area contributed by atoms with Crippen LogP contribution in [-0.4, -0.2) is 46.1 Å². The minimum atomic E-state index is -4.60.